The van der Waals surface area contributed by atoms with Crippen LogP contribution in [0.15, 0.2) is 53.1 Å². The van der Waals surface area contributed by atoms with Gasteiger partial charge in [0.05, 0.1) is 30.8 Å². The third-order valence-electron chi connectivity index (χ3n) is 12.5. The largest absolute Gasteiger partial charge is 0.490 e. The molecule has 0 unspecified atom stereocenters. The van der Waals surface area contributed by atoms with E-state index in [1.807, 2.05) is 26.0 Å². The van der Waals surface area contributed by atoms with Gasteiger partial charge in [-0.2, -0.15) is 0 Å². The molecule has 52 heavy (non-hydrogen) atoms. The van der Waals surface area contributed by atoms with E-state index in [0.717, 1.165) is 81.8 Å². The van der Waals surface area contributed by atoms with Crippen LogP contribution in [0, 0.1) is 35.0 Å². The number of allylic oxidation sites excluding steroid dienone is 4. The minimum atomic E-state index is -3.97. The van der Waals surface area contributed by atoms with Crippen molar-refractivity contribution in [1.29, 1.82) is 0 Å². The molecule has 0 aromatic heterocycles. The van der Waals surface area contributed by atoms with Crippen LogP contribution in [0.2, 0.25) is 0 Å². The minimum Gasteiger partial charge on any atom is -0.490 e. The number of anilines is 1. The quantitative estimate of drug-likeness (QED) is 0.340. The Morgan fingerprint density at radius 1 is 1.17 bits per heavy atom. The maximum atomic E-state index is 13.6. The number of sulfonamides is 1. The molecule has 1 saturated heterocycles. The lowest BCUT2D eigenvalue weighted by Gasteiger charge is -2.48. The second-order valence-corrected chi connectivity index (χ2v) is 18.2. The zero-order valence-electron chi connectivity index (χ0n) is 31.1. The summed E-state index contributed by atoms with van der Waals surface area (Å²) in [5.74, 6) is 6.63. The van der Waals surface area contributed by atoms with E-state index in [9.17, 15) is 18.3 Å². The van der Waals surface area contributed by atoms with Crippen molar-refractivity contribution in [2.45, 2.75) is 89.4 Å². The summed E-state index contributed by atoms with van der Waals surface area (Å²) in [6.45, 7) is 15.9. The van der Waals surface area contributed by atoms with Gasteiger partial charge < -0.3 is 19.5 Å². The Morgan fingerprint density at radius 2 is 1.96 bits per heavy atom. The highest BCUT2D eigenvalue weighted by Gasteiger charge is 2.48. The minimum absolute atomic E-state index is 0.0404. The first kappa shape index (κ1) is 38.9. The first-order valence-electron chi connectivity index (χ1n) is 19.2. The molecule has 3 heterocycles. The fourth-order valence-corrected chi connectivity index (χ4v) is 10.2. The van der Waals surface area contributed by atoms with Crippen molar-refractivity contribution >= 4 is 33.2 Å². The Morgan fingerprint density at radius 3 is 2.69 bits per heavy atom. The number of aliphatic hydroxyl groups is 1. The molecule has 2 saturated carbocycles. The van der Waals surface area contributed by atoms with E-state index in [0.29, 0.717) is 56.2 Å². The molecular formula is C41H56ClN3O6S. The number of halogens is 1. The molecule has 2 N–H and O–H groups in total. The van der Waals surface area contributed by atoms with Crippen LogP contribution in [0.25, 0.3) is 0 Å². The Kier molecular flexibility index (Phi) is 12.2. The number of carbonyl (C=O) groups excluding carboxylic acids is 1. The Labute approximate surface area is 315 Å². The van der Waals surface area contributed by atoms with Crippen LogP contribution < -0.4 is 14.4 Å². The summed E-state index contributed by atoms with van der Waals surface area (Å²) in [6.07, 6.45) is 10.8. The van der Waals surface area contributed by atoms with Crippen LogP contribution >= 0.6 is 11.6 Å². The average Bonchev–Trinajstić information content (AvgIpc) is 3.26. The Bertz CT molecular complexity index is 1740. The summed E-state index contributed by atoms with van der Waals surface area (Å²) in [4.78, 5) is 18.2. The Hall–Kier alpha value is -2.81. The monoisotopic (exact) mass is 753 g/mol. The van der Waals surface area contributed by atoms with Crippen molar-refractivity contribution in [3.8, 4) is 17.6 Å². The average molecular weight is 754 g/mol. The summed E-state index contributed by atoms with van der Waals surface area (Å²) in [6, 6.07) is 5.19. The number of carbonyl (C=O) groups is 1. The predicted molar refractivity (Wildman–Crippen MR) is 207 cm³/mol. The predicted octanol–water partition coefficient (Wildman–Crippen LogP) is 6.43. The lowest BCUT2D eigenvalue weighted by molar-refractivity contribution is -0.0450. The number of nitrogens with zero attached hydrogens (tertiary/aromatic N) is 2. The van der Waals surface area contributed by atoms with E-state index < -0.39 is 32.2 Å². The summed E-state index contributed by atoms with van der Waals surface area (Å²) in [5.41, 5.74) is 1.54. The number of amides is 1. The van der Waals surface area contributed by atoms with Gasteiger partial charge in [-0.25, -0.2) is 13.1 Å². The molecule has 2 aliphatic carbocycles. The van der Waals surface area contributed by atoms with Gasteiger partial charge in [-0.3, -0.25) is 9.69 Å². The molecule has 284 valence electrons. The lowest BCUT2D eigenvalue weighted by Crippen LogP contribution is -2.52. The highest BCUT2D eigenvalue weighted by Crippen LogP contribution is 2.50. The normalized spacial score (nSPS) is 33.9. The first-order valence-corrected chi connectivity index (χ1v) is 21.1. The van der Waals surface area contributed by atoms with Gasteiger partial charge in [0, 0.05) is 61.1 Å². The molecule has 6 atom stereocenters. The van der Waals surface area contributed by atoms with Gasteiger partial charge in [-0.05, 0) is 112 Å². The zero-order valence-corrected chi connectivity index (χ0v) is 32.7. The van der Waals surface area contributed by atoms with Gasteiger partial charge in [-0.15, -0.1) is 0 Å². The maximum absolute atomic E-state index is 13.6. The molecule has 9 nitrogen and oxygen atoms in total. The van der Waals surface area contributed by atoms with E-state index in [1.165, 1.54) is 0 Å². The third kappa shape index (κ3) is 8.44. The molecule has 3 aliphatic heterocycles. The second kappa shape index (κ2) is 16.3. The molecule has 5 aliphatic rings. The SMILES string of the molecule is C=C1/C(=C\C(Cl)=C/C)CCC[C@]12COc1ccc3cc1N(C[C@@H]1CC[C@H]1[C@](O)(C#CCCN1CCOCC1)CCC[C@H](C)[C@@H](C)S(=O)(=O)NC3=O)C2. The van der Waals surface area contributed by atoms with Gasteiger partial charge in [0.15, 0.2) is 0 Å². The second-order valence-electron chi connectivity index (χ2n) is 15.7. The number of fused-ring (bicyclic) bond motifs is 2. The number of benzene rings is 1. The highest BCUT2D eigenvalue weighted by atomic mass is 35.5. The van der Waals surface area contributed by atoms with Crippen LogP contribution in [-0.2, 0) is 14.8 Å². The molecule has 1 spiro atoms. The molecule has 1 amide bonds. The molecule has 2 bridgehead atoms. The van der Waals surface area contributed by atoms with Gasteiger partial charge >= 0.3 is 0 Å². The van der Waals surface area contributed by atoms with Gasteiger partial charge in [0.25, 0.3) is 5.91 Å². The lowest BCUT2D eigenvalue weighted by atomic mass is 9.63. The summed E-state index contributed by atoms with van der Waals surface area (Å²) in [7, 11) is -3.97. The number of nitrogens with one attached hydrogen (secondary N) is 1. The van der Waals surface area contributed by atoms with Crippen LogP contribution in [0.1, 0.15) is 88.9 Å². The summed E-state index contributed by atoms with van der Waals surface area (Å²) >= 11 is 6.49. The molecule has 1 aromatic carbocycles. The van der Waals surface area contributed by atoms with Crippen molar-refractivity contribution in [2.24, 2.45) is 23.2 Å². The molecule has 11 heteroatoms. The van der Waals surface area contributed by atoms with Crippen molar-refractivity contribution in [3.05, 3.63) is 58.7 Å². The van der Waals surface area contributed by atoms with E-state index in [4.69, 9.17) is 21.1 Å². The van der Waals surface area contributed by atoms with Gasteiger partial charge in [0.2, 0.25) is 10.0 Å². The van der Waals surface area contributed by atoms with E-state index in [2.05, 4.69) is 32.9 Å². The smallest absolute Gasteiger partial charge is 0.264 e. The standard InChI is InChI=1S/C41H56ClN3O6S/c1-5-35(42)24-32-11-9-16-40(30(32)3)27-45-26-34-12-14-36(34)41(47,17-6-7-19-44-20-22-50-23-21-44)18-8-10-29(2)31(4)52(48,49)43-39(46)33-13-15-38(51-28-40)37(45)25-33/h5,13,15,24-25,29,31,34,36,47H,3,7-12,14,16,18-23,26-28H2,1-2,4H3,(H,43,46)/b32-24-,35-5+/t29-,31+,34-,36+,40-,41-/m0/s1. The zero-order chi connectivity index (χ0) is 37.1. The van der Waals surface area contributed by atoms with Crippen molar-refractivity contribution in [1.82, 2.24) is 9.62 Å². The molecule has 3 fully saturated rings. The topological polar surface area (TPSA) is 108 Å². The third-order valence-corrected chi connectivity index (χ3v) is 14.7. The van der Waals surface area contributed by atoms with Gasteiger partial charge in [0.1, 0.15) is 11.4 Å². The van der Waals surface area contributed by atoms with Crippen LogP contribution in [-0.4, -0.2) is 87.7 Å². The number of ether oxygens (including phenoxy) is 2. The fraction of sp³-hybridized carbons (Fsp3) is 0.634. The van der Waals surface area contributed by atoms with E-state index >= 15 is 0 Å². The molecule has 6 rings (SSSR count). The van der Waals surface area contributed by atoms with Crippen LogP contribution in [0.3, 0.4) is 0 Å². The maximum Gasteiger partial charge on any atom is 0.264 e. The van der Waals surface area contributed by atoms with Crippen LogP contribution in [0.5, 0.6) is 5.75 Å². The van der Waals surface area contributed by atoms with Gasteiger partial charge in [-0.1, -0.05) is 43.0 Å². The molecular weight excluding hydrogens is 698 g/mol. The Balaban J connectivity index is 1.36. The van der Waals surface area contributed by atoms with Crippen molar-refractivity contribution in [3.63, 3.8) is 0 Å². The highest BCUT2D eigenvalue weighted by molar-refractivity contribution is 7.90. The number of hydrogen-bond acceptors (Lipinski definition) is 8. The van der Waals surface area contributed by atoms with Crippen LogP contribution in [0.4, 0.5) is 5.69 Å². The van der Waals surface area contributed by atoms with Crippen molar-refractivity contribution in [2.75, 3.05) is 57.4 Å². The molecule has 1 aromatic rings. The number of rotatable bonds is 3. The first-order chi connectivity index (χ1) is 24.8. The summed E-state index contributed by atoms with van der Waals surface area (Å²) in [5, 5.41) is 12.4. The van der Waals surface area contributed by atoms with Crippen molar-refractivity contribution < 1.29 is 27.8 Å². The van der Waals surface area contributed by atoms with E-state index in [1.54, 1.807) is 25.1 Å². The fourth-order valence-electron chi connectivity index (χ4n) is 8.71. The summed E-state index contributed by atoms with van der Waals surface area (Å²) < 4.78 is 41.4. The number of hydrogen-bond donors (Lipinski definition) is 2. The number of morpholine rings is 1. The van der Waals surface area contributed by atoms with E-state index in [-0.39, 0.29) is 23.3 Å². The molecule has 0 radical (unpaired) electrons.